The second-order valence-electron chi connectivity index (χ2n) is 9.85. The highest BCUT2D eigenvalue weighted by Gasteiger charge is 2.40. The molecule has 13 heteroatoms. The zero-order valence-corrected chi connectivity index (χ0v) is 22.6. The van der Waals surface area contributed by atoms with Gasteiger partial charge in [-0.1, -0.05) is 11.6 Å². The zero-order valence-electron chi connectivity index (χ0n) is 21.0. The van der Waals surface area contributed by atoms with Crippen molar-refractivity contribution in [3.63, 3.8) is 0 Å². The molecule has 1 saturated heterocycles. The number of halogens is 3. The summed E-state index contributed by atoms with van der Waals surface area (Å²) in [5.74, 6) is -0.775. The highest BCUT2D eigenvalue weighted by Crippen LogP contribution is 2.37. The van der Waals surface area contributed by atoms with E-state index in [2.05, 4.69) is 15.5 Å². The molecule has 5 rings (SSSR count). The number of anilines is 2. The van der Waals surface area contributed by atoms with Gasteiger partial charge in [0.05, 0.1) is 21.5 Å². The van der Waals surface area contributed by atoms with Crippen molar-refractivity contribution in [3.05, 3.63) is 39.5 Å². The van der Waals surface area contributed by atoms with Gasteiger partial charge in [-0.3, -0.25) is 19.3 Å². The number of hydrogen-bond donors (Lipinski definition) is 2. The van der Waals surface area contributed by atoms with Crippen molar-refractivity contribution in [1.29, 1.82) is 0 Å². The Morgan fingerprint density at radius 3 is 2.64 bits per heavy atom. The van der Waals surface area contributed by atoms with E-state index in [1.165, 1.54) is 17.0 Å². The monoisotopic (exact) mass is 582 g/mol. The number of alkyl halides is 2. The van der Waals surface area contributed by atoms with E-state index < -0.39 is 12.7 Å². The molecule has 2 aliphatic carbocycles. The second-order valence-corrected chi connectivity index (χ2v) is 11.6. The fraction of sp³-hybridized carbons (Fsp3) is 0.500. The topological polar surface area (TPSA) is 100 Å². The van der Waals surface area contributed by atoms with Gasteiger partial charge in [-0.2, -0.15) is 8.78 Å². The molecule has 2 saturated carbocycles. The molecule has 2 N–H and O–H groups in total. The van der Waals surface area contributed by atoms with Crippen LogP contribution in [-0.4, -0.2) is 74.2 Å². The molecule has 0 radical (unpaired) electrons. The maximum absolute atomic E-state index is 13.6. The number of carbonyl (C=O) groups excluding carboxylic acids is 3. The minimum absolute atomic E-state index is 0.0736. The third kappa shape index (κ3) is 7.24. The first-order valence-electron chi connectivity index (χ1n) is 12.9. The number of amides is 3. The summed E-state index contributed by atoms with van der Waals surface area (Å²) in [7, 11) is 0. The molecule has 2 aromatic rings. The van der Waals surface area contributed by atoms with E-state index in [0.717, 1.165) is 43.6 Å². The van der Waals surface area contributed by atoms with Crippen molar-refractivity contribution in [2.45, 2.75) is 44.4 Å². The standard InChI is InChI=1S/C26H29ClF2N4O5S/c27-22-8-7-21(39-22)25(36)30-12-19(33(17-4-5-17)13-15-1-2-15)24(35)31-16-3-6-18(20(11-16)38-26(28)29)32-9-10-37-14-23(32)34/h3,6-8,11,15,17,19,26H,1-2,4-5,9-10,12-14H2,(H,30,36)(H,31,35)/t19-/m1/s1. The summed E-state index contributed by atoms with van der Waals surface area (Å²) in [6.07, 6.45) is 4.15. The van der Waals surface area contributed by atoms with E-state index in [1.807, 2.05) is 0 Å². The molecule has 9 nitrogen and oxygen atoms in total. The van der Waals surface area contributed by atoms with Gasteiger partial charge in [0.15, 0.2) is 5.75 Å². The lowest BCUT2D eigenvalue weighted by Crippen LogP contribution is -2.52. The Morgan fingerprint density at radius 2 is 2.00 bits per heavy atom. The third-order valence-corrected chi connectivity index (χ3v) is 8.09. The molecule has 3 fully saturated rings. The van der Waals surface area contributed by atoms with Gasteiger partial charge in [0.25, 0.3) is 11.8 Å². The summed E-state index contributed by atoms with van der Waals surface area (Å²) < 4.78 is 36.8. The van der Waals surface area contributed by atoms with Crippen LogP contribution in [0, 0.1) is 5.92 Å². The largest absolute Gasteiger partial charge is 0.433 e. The molecule has 0 spiro atoms. The molecule has 0 bridgehead atoms. The van der Waals surface area contributed by atoms with Gasteiger partial charge in [-0.25, -0.2) is 0 Å². The van der Waals surface area contributed by atoms with Crippen LogP contribution < -0.4 is 20.3 Å². The smallest absolute Gasteiger partial charge is 0.387 e. The Balaban J connectivity index is 1.35. The lowest BCUT2D eigenvalue weighted by molar-refractivity contribution is -0.126. The second kappa shape index (κ2) is 12.2. The van der Waals surface area contributed by atoms with Crippen LogP contribution in [0.4, 0.5) is 20.2 Å². The molecule has 39 heavy (non-hydrogen) atoms. The van der Waals surface area contributed by atoms with Crippen LogP contribution in [0.5, 0.6) is 5.75 Å². The molecular formula is C26H29ClF2N4O5S. The number of hydrogen-bond acceptors (Lipinski definition) is 7. The third-order valence-electron chi connectivity index (χ3n) is 6.86. The van der Waals surface area contributed by atoms with Gasteiger partial charge >= 0.3 is 6.61 Å². The predicted octanol–water partition coefficient (Wildman–Crippen LogP) is 3.98. The van der Waals surface area contributed by atoms with E-state index >= 15 is 0 Å². The Bertz CT molecular complexity index is 1220. The first-order valence-corrected chi connectivity index (χ1v) is 14.0. The summed E-state index contributed by atoms with van der Waals surface area (Å²) in [6, 6.07) is 7.15. The van der Waals surface area contributed by atoms with Crippen LogP contribution in [0.1, 0.15) is 35.4 Å². The number of ether oxygens (including phenoxy) is 2. The Kier molecular flexibility index (Phi) is 8.65. The molecule has 2 heterocycles. The predicted molar refractivity (Wildman–Crippen MR) is 143 cm³/mol. The number of benzene rings is 1. The maximum Gasteiger partial charge on any atom is 0.387 e. The molecule has 3 aliphatic rings. The van der Waals surface area contributed by atoms with Crippen molar-refractivity contribution < 1.29 is 32.6 Å². The highest BCUT2D eigenvalue weighted by molar-refractivity contribution is 7.18. The SMILES string of the molecule is O=C(NC[C@H](C(=O)Nc1ccc(N2CCOCC2=O)c(OC(F)F)c1)N(CC1CC1)C1CC1)c1ccc(Cl)s1. The van der Waals surface area contributed by atoms with Crippen molar-refractivity contribution in [1.82, 2.24) is 10.2 Å². The van der Waals surface area contributed by atoms with E-state index in [1.54, 1.807) is 18.2 Å². The number of morpholine rings is 1. The Labute approximate surface area is 233 Å². The normalized spacial score (nSPS) is 18.4. The molecular weight excluding hydrogens is 554 g/mol. The minimum Gasteiger partial charge on any atom is -0.433 e. The van der Waals surface area contributed by atoms with Crippen LogP contribution in [0.25, 0.3) is 0 Å². The Hall–Kier alpha value is -2.80. The lowest BCUT2D eigenvalue weighted by Gasteiger charge is -2.31. The zero-order chi connectivity index (χ0) is 27.5. The van der Waals surface area contributed by atoms with Gasteiger partial charge in [-0.05, 0) is 55.9 Å². The van der Waals surface area contributed by atoms with Gasteiger partial charge < -0.3 is 25.0 Å². The number of thiophene rings is 1. The maximum atomic E-state index is 13.6. The summed E-state index contributed by atoms with van der Waals surface area (Å²) in [5.41, 5.74) is 0.414. The summed E-state index contributed by atoms with van der Waals surface area (Å²) in [5, 5.41) is 5.68. The van der Waals surface area contributed by atoms with Crippen molar-refractivity contribution in [2.24, 2.45) is 5.92 Å². The van der Waals surface area contributed by atoms with E-state index in [-0.39, 0.29) is 67.2 Å². The summed E-state index contributed by atoms with van der Waals surface area (Å²) in [4.78, 5) is 42.5. The molecule has 0 unspecified atom stereocenters. The average molecular weight is 583 g/mol. The summed E-state index contributed by atoms with van der Waals surface area (Å²) >= 11 is 7.12. The molecule has 1 aromatic heterocycles. The van der Waals surface area contributed by atoms with Gasteiger partial charge in [0, 0.05) is 37.4 Å². The number of carbonyl (C=O) groups is 3. The molecule has 1 aliphatic heterocycles. The highest BCUT2D eigenvalue weighted by atomic mass is 35.5. The Morgan fingerprint density at radius 1 is 1.21 bits per heavy atom. The van der Waals surface area contributed by atoms with Crippen LogP contribution in [0.15, 0.2) is 30.3 Å². The number of nitrogens with zero attached hydrogens (tertiary/aromatic N) is 2. The lowest BCUT2D eigenvalue weighted by atomic mass is 10.1. The summed E-state index contributed by atoms with van der Waals surface area (Å²) in [6.45, 7) is -2.00. The van der Waals surface area contributed by atoms with E-state index in [0.29, 0.717) is 15.1 Å². The molecule has 1 atom stereocenters. The van der Waals surface area contributed by atoms with Crippen molar-refractivity contribution in [2.75, 3.05) is 43.1 Å². The van der Waals surface area contributed by atoms with Crippen molar-refractivity contribution in [3.8, 4) is 5.75 Å². The van der Waals surface area contributed by atoms with Crippen LogP contribution in [0.3, 0.4) is 0 Å². The van der Waals surface area contributed by atoms with Gasteiger partial charge in [0.1, 0.15) is 12.6 Å². The fourth-order valence-corrected chi connectivity index (χ4v) is 5.57. The van der Waals surface area contributed by atoms with Crippen LogP contribution >= 0.6 is 22.9 Å². The van der Waals surface area contributed by atoms with Gasteiger partial charge in [0.2, 0.25) is 5.91 Å². The van der Waals surface area contributed by atoms with E-state index in [4.69, 9.17) is 21.1 Å². The first-order chi connectivity index (χ1) is 18.8. The molecule has 1 aromatic carbocycles. The number of rotatable bonds is 12. The van der Waals surface area contributed by atoms with E-state index in [9.17, 15) is 23.2 Å². The van der Waals surface area contributed by atoms with Crippen LogP contribution in [0.2, 0.25) is 4.34 Å². The fourth-order valence-electron chi connectivity index (χ4n) is 4.61. The average Bonchev–Trinajstić information content (AvgIpc) is 3.83. The van der Waals surface area contributed by atoms with Gasteiger partial charge in [-0.15, -0.1) is 11.3 Å². The first kappa shape index (κ1) is 27.8. The number of nitrogens with one attached hydrogen (secondary N) is 2. The van der Waals surface area contributed by atoms with Crippen LogP contribution in [-0.2, 0) is 14.3 Å². The molecule has 3 amide bonds. The quantitative estimate of drug-likeness (QED) is 0.393. The molecule has 210 valence electrons. The minimum atomic E-state index is -3.12. The van der Waals surface area contributed by atoms with Crippen molar-refractivity contribution >= 4 is 52.0 Å².